The molecule has 130 valence electrons. The van der Waals surface area contributed by atoms with Crippen LogP contribution >= 0.6 is 0 Å². The summed E-state index contributed by atoms with van der Waals surface area (Å²) in [5.74, 6) is 1.40. The van der Waals surface area contributed by atoms with Crippen molar-refractivity contribution in [1.29, 1.82) is 5.26 Å². The molecule has 0 unspecified atom stereocenters. The van der Waals surface area contributed by atoms with Gasteiger partial charge in [0, 0.05) is 12.6 Å². The van der Waals surface area contributed by atoms with Crippen LogP contribution in [0.5, 0.6) is 11.7 Å². The molecule has 0 atom stereocenters. The van der Waals surface area contributed by atoms with E-state index in [0.29, 0.717) is 30.7 Å². The third kappa shape index (κ3) is 4.85. The number of benzene rings is 1. The Bertz CT molecular complexity index is 728. The standard InChI is InChI=1S/C19H21N3O3/c20-10-13-22-11-8-15(9-12-22)14-21-19(23)17-6-7-18(25-17)24-16-4-2-1-3-5-16/h1-7,15H,8-9,11-14H2,(H,21,23). The van der Waals surface area contributed by atoms with Gasteiger partial charge in [-0.3, -0.25) is 9.69 Å². The molecule has 6 nitrogen and oxygen atoms in total. The van der Waals surface area contributed by atoms with Gasteiger partial charge >= 0.3 is 0 Å². The van der Waals surface area contributed by atoms with Crippen LogP contribution in [-0.2, 0) is 0 Å². The van der Waals surface area contributed by atoms with Crippen molar-refractivity contribution in [1.82, 2.24) is 10.2 Å². The summed E-state index contributed by atoms with van der Waals surface area (Å²) < 4.78 is 11.0. The van der Waals surface area contributed by atoms with E-state index in [0.717, 1.165) is 25.9 Å². The van der Waals surface area contributed by atoms with Gasteiger partial charge in [0.15, 0.2) is 5.76 Å². The van der Waals surface area contributed by atoms with Crippen LogP contribution in [-0.4, -0.2) is 37.0 Å². The molecule has 1 aromatic carbocycles. The highest BCUT2D eigenvalue weighted by molar-refractivity contribution is 5.91. The van der Waals surface area contributed by atoms with E-state index in [9.17, 15) is 4.79 Å². The summed E-state index contributed by atoms with van der Waals surface area (Å²) in [6.07, 6.45) is 1.98. The number of carbonyl (C=O) groups is 1. The summed E-state index contributed by atoms with van der Waals surface area (Å²) in [7, 11) is 0. The van der Waals surface area contributed by atoms with Gasteiger partial charge < -0.3 is 14.5 Å². The zero-order valence-electron chi connectivity index (χ0n) is 14.0. The van der Waals surface area contributed by atoms with E-state index in [1.807, 2.05) is 30.3 Å². The van der Waals surface area contributed by atoms with Crippen LogP contribution in [0, 0.1) is 17.2 Å². The van der Waals surface area contributed by atoms with Gasteiger partial charge in [-0.25, -0.2) is 0 Å². The fourth-order valence-corrected chi connectivity index (χ4v) is 2.87. The van der Waals surface area contributed by atoms with Gasteiger partial charge in [-0.1, -0.05) is 18.2 Å². The zero-order valence-corrected chi connectivity index (χ0v) is 14.0. The summed E-state index contributed by atoms with van der Waals surface area (Å²) >= 11 is 0. The monoisotopic (exact) mass is 339 g/mol. The Kier molecular flexibility index (Phi) is 5.70. The molecule has 2 aromatic rings. The Morgan fingerprint density at radius 3 is 2.72 bits per heavy atom. The van der Waals surface area contributed by atoms with Crippen LogP contribution in [0.2, 0.25) is 0 Å². The van der Waals surface area contributed by atoms with Crippen LogP contribution in [0.15, 0.2) is 46.9 Å². The lowest BCUT2D eigenvalue weighted by Gasteiger charge is -2.30. The minimum atomic E-state index is -0.234. The average Bonchev–Trinajstić information content (AvgIpc) is 3.10. The van der Waals surface area contributed by atoms with E-state index >= 15 is 0 Å². The Morgan fingerprint density at radius 2 is 2.00 bits per heavy atom. The summed E-state index contributed by atoms with van der Waals surface area (Å²) in [5.41, 5.74) is 0. The SMILES string of the molecule is N#CCN1CCC(CNC(=O)c2ccc(Oc3ccccc3)o2)CC1. The first-order valence-corrected chi connectivity index (χ1v) is 8.45. The van der Waals surface area contributed by atoms with Gasteiger partial charge in [-0.15, -0.1) is 0 Å². The molecule has 0 radical (unpaired) electrons. The van der Waals surface area contributed by atoms with Crippen molar-refractivity contribution in [3.8, 4) is 17.8 Å². The minimum absolute atomic E-state index is 0.234. The van der Waals surface area contributed by atoms with Crippen molar-refractivity contribution in [2.24, 2.45) is 5.92 Å². The molecular formula is C19H21N3O3. The number of hydrogen-bond donors (Lipinski definition) is 1. The molecule has 1 aliphatic rings. The Morgan fingerprint density at radius 1 is 1.24 bits per heavy atom. The number of piperidine rings is 1. The molecular weight excluding hydrogens is 318 g/mol. The number of para-hydroxylation sites is 1. The zero-order chi connectivity index (χ0) is 17.5. The molecule has 1 aliphatic heterocycles. The smallest absolute Gasteiger partial charge is 0.290 e. The van der Waals surface area contributed by atoms with Crippen LogP contribution in [0.4, 0.5) is 0 Å². The molecule has 1 aromatic heterocycles. The van der Waals surface area contributed by atoms with Crippen molar-refractivity contribution in [2.45, 2.75) is 12.8 Å². The predicted octanol–water partition coefficient (Wildman–Crippen LogP) is 3.04. The second kappa shape index (κ2) is 8.36. The van der Waals surface area contributed by atoms with Gasteiger partial charge in [-0.2, -0.15) is 5.26 Å². The Labute approximate surface area is 147 Å². The summed E-state index contributed by atoms with van der Waals surface area (Å²) in [5, 5.41) is 11.6. The lowest BCUT2D eigenvalue weighted by atomic mass is 9.97. The van der Waals surface area contributed by atoms with Crippen molar-refractivity contribution in [3.63, 3.8) is 0 Å². The highest BCUT2D eigenvalue weighted by atomic mass is 16.6. The largest absolute Gasteiger partial charge is 0.426 e. The highest BCUT2D eigenvalue weighted by Gasteiger charge is 2.20. The molecule has 25 heavy (non-hydrogen) atoms. The van der Waals surface area contributed by atoms with Gasteiger partial charge in [0.25, 0.3) is 11.9 Å². The van der Waals surface area contributed by atoms with Crippen LogP contribution < -0.4 is 10.1 Å². The first kappa shape index (κ1) is 17.1. The maximum atomic E-state index is 12.2. The number of ether oxygens (including phenoxy) is 1. The van der Waals surface area contributed by atoms with E-state index in [-0.39, 0.29) is 11.7 Å². The molecule has 1 fully saturated rings. The number of nitrogens with zero attached hydrogens (tertiary/aromatic N) is 2. The molecule has 1 N–H and O–H groups in total. The number of carbonyl (C=O) groups excluding carboxylic acids is 1. The lowest BCUT2D eigenvalue weighted by Crippen LogP contribution is -2.38. The molecule has 1 saturated heterocycles. The quantitative estimate of drug-likeness (QED) is 0.819. The number of nitriles is 1. The fraction of sp³-hybridized carbons (Fsp3) is 0.368. The highest BCUT2D eigenvalue weighted by Crippen LogP contribution is 2.23. The summed E-state index contributed by atoms with van der Waals surface area (Å²) in [4.78, 5) is 14.3. The molecule has 0 aliphatic carbocycles. The van der Waals surface area contributed by atoms with Crippen LogP contribution in [0.1, 0.15) is 23.4 Å². The maximum absolute atomic E-state index is 12.2. The molecule has 0 saturated carbocycles. The second-order valence-corrected chi connectivity index (χ2v) is 6.12. The number of likely N-dealkylation sites (tertiary alicyclic amines) is 1. The van der Waals surface area contributed by atoms with E-state index in [1.165, 1.54) is 0 Å². The van der Waals surface area contributed by atoms with Gasteiger partial charge in [0.1, 0.15) is 5.75 Å². The van der Waals surface area contributed by atoms with E-state index in [2.05, 4.69) is 16.3 Å². The molecule has 2 heterocycles. The van der Waals surface area contributed by atoms with E-state index < -0.39 is 0 Å². The third-order valence-corrected chi connectivity index (χ3v) is 4.32. The Hall–Kier alpha value is -2.78. The maximum Gasteiger partial charge on any atom is 0.290 e. The first-order valence-electron chi connectivity index (χ1n) is 8.45. The number of rotatable bonds is 6. The van der Waals surface area contributed by atoms with Gasteiger partial charge in [0.05, 0.1) is 12.6 Å². The number of amides is 1. The van der Waals surface area contributed by atoms with Crippen LogP contribution in [0.3, 0.4) is 0 Å². The predicted molar refractivity (Wildman–Crippen MR) is 92.3 cm³/mol. The van der Waals surface area contributed by atoms with E-state index in [1.54, 1.807) is 12.1 Å². The first-order chi connectivity index (χ1) is 12.2. The number of nitrogens with one attached hydrogen (secondary N) is 1. The lowest BCUT2D eigenvalue weighted by molar-refractivity contribution is 0.0905. The van der Waals surface area contributed by atoms with Crippen molar-refractivity contribution >= 4 is 5.91 Å². The topological polar surface area (TPSA) is 78.5 Å². The normalized spacial score (nSPS) is 15.5. The average molecular weight is 339 g/mol. The van der Waals surface area contributed by atoms with Crippen molar-refractivity contribution in [2.75, 3.05) is 26.2 Å². The summed E-state index contributed by atoms with van der Waals surface area (Å²) in [6, 6.07) is 14.7. The number of hydrogen-bond acceptors (Lipinski definition) is 5. The molecule has 0 spiro atoms. The van der Waals surface area contributed by atoms with Crippen molar-refractivity contribution < 1.29 is 13.9 Å². The van der Waals surface area contributed by atoms with Gasteiger partial charge in [0.2, 0.25) is 0 Å². The summed E-state index contributed by atoms with van der Waals surface area (Å²) in [6.45, 7) is 2.91. The number of furan rings is 1. The fourth-order valence-electron chi connectivity index (χ4n) is 2.87. The van der Waals surface area contributed by atoms with Crippen molar-refractivity contribution in [3.05, 3.63) is 48.2 Å². The van der Waals surface area contributed by atoms with Crippen LogP contribution in [0.25, 0.3) is 0 Å². The second-order valence-electron chi connectivity index (χ2n) is 6.12. The van der Waals surface area contributed by atoms with E-state index in [4.69, 9.17) is 14.4 Å². The Balaban J connectivity index is 1.45. The molecule has 6 heteroatoms. The van der Waals surface area contributed by atoms with Gasteiger partial charge in [-0.05, 0) is 50.0 Å². The minimum Gasteiger partial charge on any atom is -0.426 e. The molecule has 1 amide bonds. The third-order valence-electron chi connectivity index (χ3n) is 4.32. The molecule has 0 bridgehead atoms. The molecule has 3 rings (SSSR count).